The molecule has 0 amide bonds. The Kier molecular flexibility index (Phi) is 2.53. The van der Waals surface area contributed by atoms with Crippen molar-refractivity contribution in [1.29, 1.82) is 0 Å². The molecule has 0 heterocycles. The smallest absolute Gasteiger partial charge is 0.0714 e. The van der Waals surface area contributed by atoms with Crippen molar-refractivity contribution in [2.45, 2.75) is 0 Å². The van der Waals surface area contributed by atoms with Gasteiger partial charge in [0.15, 0.2) is 0 Å². The van der Waals surface area contributed by atoms with Gasteiger partial charge in [0, 0.05) is 0 Å². The van der Waals surface area contributed by atoms with Crippen molar-refractivity contribution in [3.63, 3.8) is 0 Å². The van der Waals surface area contributed by atoms with Crippen LogP contribution in [0.15, 0.2) is 17.0 Å². The second kappa shape index (κ2) is 4.32. The summed E-state index contributed by atoms with van der Waals surface area (Å²) < 4.78 is 9.62. The standard InChI is InChI=1S/C4H3NS/c1-2-3-4-5-6/h2H,1H2/i2D. The van der Waals surface area contributed by atoms with Crippen LogP contribution in [0.5, 0.6) is 0 Å². The molecule has 0 fully saturated rings. The molecular formula is C4H3NS. The lowest BCUT2D eigenvalue weighted by Gasteiger charge is -1.50. The van der Waals surface area contributed by atoms with Gasteiger partial charge in [0.05, 0.1) is 19.8 Å². The zero-order valence-electron chi connectivity index (χ0n) is 4.06. The highest BCUT2D eigenvalue weighted by molar-refractivity contribution is 7.47. The molecule has 0 aromatic carbocycles. The van der Waals surface area contributed by atoms with Crippen LogP contribution in [0.25, 0.3) is 0 Å². The fourth-order valence-corrected chi connectivity index (χ4v) is 0.108. The monoisotopic (exact) mass is 98.0 g/mol. The third-order valence-corrected chi connectivity index (χ3v) is 0.281. The normalized spacial score (nSPS) is 7.00. The lowest BCUT2D eigenvalue weighted by molar-refractivity contribution is 1.80. The fourth-order valence-electron chi connectivity index (χ4n) is 0.0624. The summed E-state index contributed by atoms with van der Waals surface area (Å²) in [6.45, 7) is 3.18. The van der Waals surface area contributed by atoms with E-state index in [1.807, 2.05) is 0 Å². The summed E-state index contributed by atoms with van der Waals surface area (Å²) >= 11 is 4.10. The minimum absolute atomic E-state index is 0.0357. The highest BCUT2D eigenvalue weighted by atomic mass is 32.1. The van der Waals surface area contributed by atoms with Crippen molar-refractivity contribution < 1.29 is 1.37 Å². The molecule has 2 heteroatoms. The second-order valence-corrected chi connectivity index (χ2v) is 0.687. The van der Waals surface area contributed by atoms with Crippen LogP contribution in [0.1, 0.15) is 1.37 Å². The Morgan fingerprint density at radius 1 is 2.17 bits per heavy atom. The molecule has 0 aromatic rings. The molecule has 0 bridgehead atoms. The lowest BCUT2D eigenvalue weighted by atomic mass is 10.7. The van der Waals surface area contributed by atoms with Gasteiger partial charge in [0.25, 0.3) is 0 Å². The van der Waals surface area contributed by atoms with E-state index < -0.39 is 0 Å². The molecule has 0 atom stereocenters. The number of hydrogen-bond acceptors (Lipinski definition) is 2. The topological polar surface area (TPSA) is 12.4 Å². The third kappa shape index (κ3) is 3.32. The molecule has 0 rings (SSSR count). The van der Waals surface area contributed by atoms with E-state index in [0.29, 0.717) is 0 Å². The second-order valence-electron chi connectivity index (χ2n) is 0.505. The highest BCUT2D eigenvalue weighted by Crippen LogP contribution is 1.55. The van der Waals surface area contributed by atoms with E-state index in [4.69, 9.17) is 1.37 Å². The third-order valence-electron chi connectivity index (χ3n) is 0.190. The summed E-state index contributed by atoms with van der Waals surface area (Å²) in [5, 5.41) is 0. The Morgan fingerprint density at radius 2 is 2.83 bits per heavy atom. The number of allylic oxidation sites excluding steroid dienone is 1. The predicted octanol–water partition coefficient (Wildman–Crippen LogP) is 0.864. The van der Waals surface area contributed by atoms with Gasteiger partial charge in [-0.15, -0.1) is 4.36 Å². The molecule has 1 nitrogen and oxygen atoms in total. The van der Waals surface area contributed by atoms with Gasteiger partial charge in [-0.1, -0.05) is 6.58 Å². The van der Waals surface area contributed by atoms with Gasteiger partial charge < -0.3 is 0 Å². The molecule has 0 unspecified atom stereocenters. The Bertz CT molecular complexity index is 142. The number of hydrogen-bond donors (Lipinski definition) is 0. The Labute approximate surface area is 43.6 Å². The van der Waals surface area contributed by atoms with Crippen LogP contribution in [0.2, 0.25) is 0 Å². The van der Waals surface area contributed by atoms with Crippen LogP contribution in [0.3, 0.4) is 0 Å². The SMILES string of the molecule is [2H]C(=C)C#CN=S. The Morgan fingerprint density at radius 3 is 3.00 bits per heavy atom. The molecule has 30 valence electrons. The van der Waals surface area contributed by atoms with Crippen molar-refractivity contribution >= 4 is 12.4 Å². The Balaban J connectivity index is 3.66. The van der Waals surface area contributed by atoms with Crippen LogP contribution in [0.4, 0.5) is 0 Å². The van der Waals surface area contributed by atoms with E-state index in [9.17, 15) is 0 Å². The summed E-state index contributed by atoms with van der Waals surface area (Å²) in [4.78, 5) is 0. The van der Waals surface area contributed by atoms with E-state index in [-0.39, 0.29) is 6.05 Å². The molecule has 0 saturated heterocycles. The molecule has 0 spiro atoms. The first-order valence-corrected chi connectivity index (χ1v) is 1.62. The number of rotatable bonds is 0. The van der Waals surface area contributed by atoms with Gasteiger partial charge in [-0.3, -0.25) is 0 Å². The summed E-state index contributed by atoms with van der Waals surface area (Å²) in [5.41, 5.74) is 0. The molecule has 0 aromatic heterocycles. The first kappa shape index (κ1) is 3.51. The Hall–Kier alpha value is -0.680. The van der Waals surface area contributed by atoms with Crippen LogP contribution in [0, 0.1) is 12.0 Å². The summed E-state index contributed by atoms with van der Waals surface area (Å²) in [5.74, 6) is 2.25. The average molecular weight is 98.1 g/mol. The molecule has 0 aliphatic heterocycles. The van der Waals surface area contributed by atoms with Crippen LogP contribution in [-0.4, -0.2) is 0 Å². The van der Waals surface area contributed by atoms with Gasteiger partial charge in [-0.2, -0.15) is 0 Å². The van der Waals surface area contributed by atoms with Crippen molar-refractivity contribution in [2.24, 2.45) is 4.36 Å². The van der Waals surface area contributed by atoms with E-state index in [0.717, 1.165) is 0 Å². The predicted molar refractivity (Wildman–Crippen MR) is 27.8 cm³/mol. The van der Waals surface area contributed by atoms with E-state index in [1.165, 1.54) is 0 Å². The van der Waals surface area contributed by atoms with Crippen molar-refractivity contribution in [3.8, 4) is 12.0 Å². The molecule has 0 saturated carbocycles. The largest absolute Gasteiger partial charge is 0.128 e. The quantitative estimate of drug-likeness (QED) is 0.409. The van der Waals surface area contributed by atoms with Crippen molar-refractivity contribution in [3.05, 3.63) is 12.6 Å². The van der Waals surface area contributed by atoms with Gasteiger partial charge in [-0.25, -0.2) is 0 Å². The zero-order chi connectivity index (χ0) is 5.70. The maximum Gasteiger partial charge on any atom is 0.0714 e. The van der Waals surface area contributed by atoms with E-state index in [2.05, 4.69) is 35.3 Å². The van der Waals surface area contributed by atoms with Gasteiger partial charge >= 0.3 is 0 Å². The van der Waals surface area contributed by atoms with Gasteiger partial charge in [-0.05, 0) is 12.0 Å². The first-order chi connectivity index (χ1) is 3.27. The number of nitrogens with zero attached hydrogens (tertiary/aromatic N) is 1. The van der Waals surface area contributed by atoms with Crippen LogP contribution >= 0.6 is 0 Å². The maximum absolute atomic E-state index is 6.61. The minimum atomic E-state index is 0.0357. The first-order valence-electron chi connectivity index (χ1n) is 1.76. The molecular weight excluding hydrogens is 94.1 g/mol. The minimum Gasteiger partial charge on any atom is -0.128 e. The molecule has 0 aliphatic rings. The van der Waals surface area contributed by atoms with Crippen molar-refractivity contribution in [1.82, 2.24) is 0 Å². The fraction of sp³-hybridized carbons (Fsp3) is 0. The van der Waals surface area contributed by atoms with Crippen LogP contribution < -0.4 is 0 Å². The summed E-state index contributed by atoms with van der Waals surface area (Å²) in [6.07, 6.45) is 0. The highest BCUT2D eigenvalue weighted by Gasteiger charge is 1.44. The summed E-state index contributed by atoms with van der Waals surface area (Å²) in [6, 6.07) is 2.19. The van der Waals surface area contributed by atoms with Crippen molar-refractivity contribution in [2.75, 3.05) is 0 Å². The molecule has 0 radical (unpaired) electrons. The average Bonchev–Trinajstić information content (AvgIpc) is 1.61. The van der Waals surface area contributed by atoms with E-state index in [1.54, 1.807) is 0 Å². The summed E-state index contributed by atoms with van der Waals surface area (Å²) in [7, 11) is 0. The van der Waals surface area contributed by atoms with Gasteiger partial charge in [0.1, 0.15) is 0 Å². The molecule has 6 heavy (non-hydrogen) atoms. The molecule has 0 aliphatic carbocycles. The van der Waals surface area contributed by atoms with Gasteiger partial charge in [0.2, 0.25) is 0 Å². The maximum atomic E-state index is 6.61. The zero-order valence-corrected chi connectivity index (χ0v) is 3.88. The van der Waals surface area contributed by atoms with Crippen LogP contribution in [-0.2, 0) is 12.4 Å². The van der Waals surface area contributed by atoms with E-state index >= 15 is 0 Å². The molecule has 0 N–H and O–H groups in total. The lowest BCUT2D eigenvalue weighted by Crippen LogP contribution is -1.39.